The van der Waals surface area contributed by atoms with Gasteiger partial charge < -0.3 is 14.8 Å². The Kier molecular flexibility index (Phi) is 5.39. The summed E-state index contributed by atoms with van der Waals surface area (Å²) in [6, 6.07) is 5.61. The molecule has 5 nitrogen and oxygen atoms in total. The quantitative estimate of drug-likeness (QED) is 0.827. The molecule has 1 aromatic carbocycles. The summed E-state index contributed by atoms with van der Waals surface area (Å²) < 4.78 is 11.7. The van der Waals surface area contributed by atoms with Gasteiger partial charge in [0.2, 0.25) is 5.91 Å². The van der Waals surface area contributed by atoms with Crippen LogP contribution in [0.25, 0.3) is 10.2 Å². The van der Waals surface area contributed by atoms with Crippen LogP contribution < -0.4 is 10.1 Å². The molecule has 1 heterocycles. The molecule has 2 aromatic rings. The maximum atomic E-state index is 11.6. The van der Waals surface area contributed by atoms with Crippen molar-refractivity contribution in [1.29, 1.82) is 0 Å². The van der Waals surface area contributed by atoms with Gasteiger partial charge in [0.05, 0.1) is 16.8 Å². The van der Waals surface area contributed by atoms with E-state index in [4.69, 9.17) is 21.1 Å². The zero-order chi connectivity index (χ0) is 15.4. The van der Waals surface area contributed by atoms with Crippen LogP contribution in [0, 0.1) is 0 Å². The first kappa shape index (κ1) is 16.0. The number of nitrogens with one attached hydrogen (secondary N) is 1. The molecule has 0 bridgehead atoms. The number of aromatic nitrogens is 1. The van der Waals surface area contributed by atoms with Gasteiger partial charge in [-0.3, -0.25) is 4.79 Å². The second kappa shape index (κ2) is 7.06. The van der Waals surface area contributed by atoms with Crippen LogP contribution >= 0.6 is 22.9 Å². The predicted molar refractivity (Wildman–Crippen MR) is 85.5 cm³/mol. The monoisotopic (exact) mass is 328 g/mol. The number of ether oxygens (including phenoxy) is 2. The first-order chi connectivity index (χ1) is 9.99. The number of alkyl halides is 1. The Bertz CT molecular complexity index is 630. The lowest BCUT2D eigenvalue weighted by Crippen LogP contribution is -2.19. The Morgan fingerprint density at radius 1 is 1.48 bits per heavy atom. The average molecular weight is 329 g/mol. The van der Waals surface area contributed by atoms with E-state index in [1.807, 2.05) is 25.1 Å². The molecule has 0 aliphatic carbocycles. The zero-order valence-corrected chi connectivity index (χ0v) is 13.6. The zero-order valence-electron chi connectivity index (χ0n) is 12.1. The van der Waals surface area contributed by atoms with Gasteiger partial charge in [-0.05, 0) is 32.0 Å². The van der Waals surface area contributed by atoms with Crippen molar-refractivity contribution in [2.24, 2.45) is 0 Å². The minimum Gasteiger partial charge on any atom is -0.488 e. The molecule has 21 heavy (non-hydrogen) atoms. The number of hydrogen-bond donors (Lipinski definition) is 1. The molecule has 0 saturated carbocycles. The third-order valence-corrected chi connectivity index (χ3v) is 3.82. The molecule has 1 N–H and O–H groups in total. The van der Waals surface area contributed by atoms with Crippen molar-refractivity contribution in [3.05, 3.63) is 18.2 Å². The first-order valence-electron chi connectivity index (χ1n) is 6.50. The van der Waals surface area contributed by atoms with E-state index in [1.54, 1.807) is 14.0 Å². The van der Waals surface area contributed by atoms with Crippen LogP contribution in [0.4, 0.5) is 5.13 Å². The van der Waals surface area contributed by atoms with Crippen LogP contribution in [-0.2, 0) is 9.53 Å². The summed E-state index contributed by atoms with van der Waals surface area (Å²) in [5.41, 5.74) is 0.810. The molecule has 0 fully saturated rings. The van der Waals surface area contributed by atoms with E-state index in [0.29, 0.717) is 11.7 Å². The lowest BCUT2D eigenvalue weighted by Gasteiger charge is -2.13. The second-order valence-electron chi connectivity index (χ2n) is 4.64. The largest absolute Gasteiger partial charge is 0.488 e. The lowest BCUT2D eigenvalue weighted by molar-refractivity contribution is -0.115. The molecule has 0 radical (unpaired) electrons. The lowest BCUT2D eigenvalue weighted by atomic mass is 10.3. The van der Waals surface area contributed by atoms with E-state index < -0.39 is 5.38 Å². The van der Waals surface area contributed by atoms with Gasteiger partial charge in [0, 0.05) is 7.11 Å². The topological polar surface area (TPSA) is 60.5 Å². The normalized spacial score (nSPS) is 13.9. The molecule has 114 valence electrons. The second-order valence-corrected chi connectivity index (χ2v) is 6.32. The number of anilines is 1. The molecular weight excluding hydrogens is 312 g/mol. The summed E-state index contributed by atoms with van der Waals surface area (Å²) >= 11 is 7.11. The maximum absolute atomic E-state index is 11.6. The van der Waals surface area contributed by atoms with E-state index >= 15 is 0 Å². The highest BCUT2D eigenvalue weighted by Gasteiger charge is 2.13. The number of hydrogen-bond acceptors (Lipinski definition) is 5. The molecule has 1 amide bonds. The van der Waals surface area contributed by atoms with Crippen LogP contribution in [0.5, 0.6) is 5.75 Å². The van der Waals surface area contributed by atoms with Crippen molar-refractivity contribution in [2.45, 2.75) is 25.3 Å². The predicted octanol–water partition coefficient (Wildman–Crippen LogP) is 3.28. The van der Waals surface area contributed by atoms with Crippen molar-refractivity contribution < 1.29 is 14.3 Å². The van der Waals surface area contributed by atoms with Crippen LogP contribution in [-0.4, -0.2) is 36.1 Å². The van der Waals surface area contributed by atoms with Gasteiger partial charge in [-0.1, -0.05) is 11.3 Å². The third-order valence-electron chi connectivity index (χ3n) is 2.69. The molecule has 0 unspecified atom stereocenters. The Balaban J connectivity index is 2.14. The van der Waals surface area contributed by atoms with Gasteiger partial charge >= 0.3 is 0 Å². The SMILES string of the molecule is COC[C@H](C)Oc1ccc2nc(NC(=O)[C@H](C)Cl)sc2c1. The summed E-state index contributed by atoms with van der Waals surface area (Å²) in [7, 11) is 1.64. The van der Waals surface area contributed by atoms with Crippen molar-refractivity contribution >= 4 is 44.2 Å². The number of halogens is 1. The highest BCUT2D eigenvalue weighted by Crippen LogP contribution is 2.29. The van der Waals surface area contributed by atoms with E-state index in [1.165, 1.54) is 11.3 Å². The molecule has 0 aliphatic rings. The maximum Gasteiger partial charge on any atom is 0.243 e. The molecule has 7 heteroatoms. The molecule has 0 saturated heterocycles. The van der Waals surface area contributed by atoms with Gasteiger partial charge in [-0.2, -0.15) is 0 Å². The minimum atomic E-state index is -0.592. The van der Waals surface area contributed by atoms with Crippen molar-refractivity contribution in [3.8, 4) is 5.75 Å². The smallest absolute Gasteiger partial charge is 0.243 e. The van der Waals surface area contributed by atoms with Crippen molar-refractivity contribution in [3.63, 3.8) is 0 Å². The van der Waals surface area contributed by atoms with Gasteiger partial charge in [0.15, 0.2) is 5.13 Å². The molecule has 1 aromatic heterocycles. The van der Waals surface area contributed by atoms with Crippen LogP contribution in [0.2, 0.25) is 0 Å². The molecular formula is C14H17ClN2O3S. The van der Waals surface area contributed by atoms with Gasteiger partial charge in [-0.15, -0.1) is 11.6 Å². The first-order valence-corrected chi connectivity index (χ1v) is 7.76. The number of carbonyl (C=O) groups excluding carboxylic acids is 1. The number of nitrogens with zero attached hydrogens (tertiary/aromatic N) is 1. The molecule has 2 rings (SSSR count). The molecule has 2 atom stereocenters. The number of benzene rings is 1. The van der Waals surface area contributed by atoms with Crippen LogP contribution in [0.3, 0.4) is 0 Å². The van der Waals surface area contributed by atoms with Crippen molar-refractivity contribution in [1.82, 2.24) is 4.98 Å². The highest BCUT2D eigenvalue weighted by atomic mass is 35.5. The molecule has 0 aliphatic heterocycles. The Morgan fingerprint density at radius 2 is 2.24 bits per heavy atom. The van der Waals surface area contributed by atoms with Gasteiger partial charge in [-0.25, -0.2) is 4.98 Å². The third kappa shape index (κ3) is 4.30. The Hall–Kier alpha value is -1.37. The number of carbonyl (C=O) groups is 1. The fourth-order valence-corrected chi connectivity index (χ4v) is 2.69. The standard InChI is InChI=1S/C14H17ClN2O3S/c1-8(7-19-3)20-10-4-5-11-12(6-10)21-14(16-11)17-13(18)9(2)15/h4-6,8-9H,7H2,1-3H3,(H,16,17,18)/t8-,9-/m0/s1. The van der Waals surface area contributed by atoms with E-state index in [-0.39, 0.29) is 12.0 Å². The van der Waals surface area contributed by atoms with E-state index in [2.05, 4.69) is 10.3 Å². The van der Waals surface area contributed by atoms with E-state index in [0.717, 1.165) is 16.0 Å². The number of methoxy groups -OCH3 is 1. The summed E-state index contributed by atoms with van der Waals surface area (Å²) in [4.78, 5) is 15.9. The summed E-state index contributed by atoms with van der Waals surface area (Å²) in [5, 5.41) is 2.63. The molecule has 0 spiro atoms. The van der Waals surface area contributed by atoms with Crippen LogP contribution in [0.15, 0.2) is 18.2 Å². The number of amides is 1. The summed E-state index contributed by atoms with van der Waals surface area (Å²) in [6.07, 6.45) is -0.0309. The number of thiazole rings is 1. The fraction of sp³-hybridized carbons (Fsp3) is 0.429. The Labute approximate surface area is 132 Å². The average Bonchev–Trinajstić information content (AvgIpc) is 2.80. The summed E-state index contributed by atoms with van der Waals surface area (Å²) in [5.74, 6) is 0.486. The summed E-state index contributed by atoms with van der Waals surface area (Å²) in [6.45, 7) is 4.08. The van der Waals surface area contributed by atoms with E-state index in [9.17, 15) is 4.79 Å². The van der Waals surface area contributed by atoms with Crippen LogP contribution in [0.1, 0.15) is 13.8 Å². The van der Waals surface area contributed by atoms with Gasteiger partial charge in [0.1, 0.15) is 17.2 Å². The van der Waals surface area contributed by atoms with Gasteiger partial charge in [0.25, 0.3) is 0 Å². The highest BCUT2D eigenvalue weighted by molar-refractivity contribution is 7.22. The Morgan fingerprint density at radius 3 is 2.90 bits per heavy atom. The number of rotatable bonds is 6. The minimum absolute atomic E-state index is 0.0309. The van der Waals surface area contributed by atoms with Crippen molar-refractivity contribution in [2.75, 3.05) is 19.0 Å². The fourth-order valence-electron chi connectivity index (χ4n) is 1.74. The number of fused-ring (bicyclic) bond motifs is 1.